The number of fused-ring (bicyclic) bond motifs is 5. The molecule has 0 aromatic carbocycles. The first-order valence-corrected chi connectivity index (χ1v) is 22.2. The number of hydrogen-bond acceptors (Lipinski definition) is 13. The van der Waals surface area contributed by atoms with E-state index >= 15 is 0 Å². The molecule has 13 nitrogen and oxygen atoms in total. The molecule has 11 fully saturated rings. The van der Waals surface area contributed by atoms with Crippen LogP contribution in [-0.4, -0.2) is 90.0 Å². The van der Waals surface area contributed by atoms with E-state index in [0.29, 0.717) is 31.3 Å². The maximum atomic E-state index is 11.4. The highest BCUT2D eigenvalue weighted by Crippen LogP contribution is 2.54. The van der Waals surface area contributed by atoms with Gasteiger partial charge in [0.05, 0.1) is 36.1 Å². The summed E-state index contributed by atoms with van der Waals surface area (Å²) in [5.74, 6) is 2.97. The molecule has 4 aliphatic carbocycles. The van der Waals surface area contributed by atoms with Crippen molar-refractivity contribution >= 4 is 32.2 Å². The summed E-state index contributed by atoms with van der Waals surface area (Å²) < 4.78 is 78.4. The third-order valence-corrected chi connectivity index (χ3v) is 13.3. The minimum atomic E-state index is -3.13. The fraction of sp³-hybridized carbons (Fsp3) is 0.943. The van der Waals surface area contributed by atoms with Gasteiger partial charge in [0.2, 0.25) is 0 Å². The zero-order chi connectivity index (χ0) is 37.2. The molecule has 11 aliphatic rings. The summed E-state index contributed by atoms with van der Waals surface area (Å²) in [6, 6.07) is 0. The molecule has 10 unspecified atom stereocenters. The molecule has 7 aliphatic heterocycles. The molecule has 11 rings (SSSR count). The Balaban J connectivity index is 0.000000171. The fourth-order valence-electron chi connectivity index (χ4n) is 8.59. The summed E-state index contributed by atoms with van der Waals surface area (Å²) in [4.78, 5) is 22.3. The van der Waals surface area contributed by atoms with Crippen LogP contribution in [-0.2, 0) is 61.9 Å². The number of carbonyl (C=O) groups excluding carboxylic acids is 2. The first-order valence-electron chi connectivity index (χ1n) is 19.1. The Kier molecular flexibility index (Phi) is 16.9. The Morgan fingerprint density at radius 1 is 0.660 bits per heavy atom. The molecule has 0 radical (unpaired) electrons. The molecule has 0 aromatic rings. The Morgan fingerprint density at radius 3 is 1.82 bits per heavy atom. The van der Waals surface area contributed by atoms with E-state index in [0.717, 1.165) is 56.8 Å². The second-order valence-electron chi connectivity index (χ2n) is 13.1. The van der Waals surface area contributed by atoms with Crippen LogP contribution in [0.3, 0.4) is 0 Å². The van der Waals surface area contributed by atoms with Crippen LogP contribution in [0.25, 0.3) is 0 Å². The molecule has 7 heterocycles. The number of hydrogen-bond donors (Lipinski definition) is 0. The van der Waals surface area contributed by atoms with Crippen LogP contribution in [0.15, 0.2) is 0 Å². The maximum absolute atomic E-state index is 11.4. The van der Waals surface area contributed by atoms with Crippen molar-refractivity contribution in [1.82, 2.24) is 0 Å². The lowest BCUT2D eigenvalue weighted by molar-refractivity contribution is -0.151. The van der Waals surface area contributed by atoms with Gasteiger partial charge in [-0.05, 0) is 75.5 Å². The molecule has 0 N–H and O–H groups in total. The van der Waals surface area contributed by atoms with Gasteiger partial charge in [-0.15, -0.1) is 0 Å². The van der Waals surface area contributed by atoms with Crippen LogP contribution in [0.1, 0.15) is 120 Å². The van der Waals surface area contributed by atoms with Gasteiger partial charge in [-0.25, -0.2) is 0 Å². The predicted molar refractivity (Wildman–Crippen MR) is 186 cm³/mol. The maximum Gasteiger partial charge on any atom is 0.309 e. The summed E-state index contributed by atoms with van der Waals surface area (Å²) in [6.07, 6.45) is 9.23. The van der Waals surface area contributed by atoms with Crippen LogP contribution < -0.4 is 0 Å². The number of ether oxygens (including phenoxy) is 5. The third-order valence-electron chi connectivity index (χ3n) is 10.2. The highest BCUT2D eigenvalue weighted by Gasteiger charge is 2.59. The molecule has 10 atom stereocenters. The lowest BCUT2D eigenvalue weighted by Gasteiger charge is -2.35. The van der Waals surface area contributed by atoms with Crippen LogP contribution in [0.5, 0.6) is 0 Å². The van der Waals surface area contributed by atoms with Gasteiger partial charge in [0.25, 0.3) is 20.2 Å². The van der Waals surface area contributed by atoms with Crippen molar-refractivity contribution in [3.05, 3.63) is 0 Å². The molecule has 50 heavy (non-hydrogen) atoms. The minimum Gasteiger partial charge on any atom is -0.462 e. The van der Waals surface area contributed by atoms with Crippen molar-refractivity contribution in [2.75, 3.05) is 19.2 Å². The average Bonchev–Trinajstić information content (AvgIpc) is 3.97. The second-order valence-corrected chi connectivity index (χ2v) is 16.7. The molecule has 4 saturated carbocycles. The number of rotatable bonds is 0. The molecule has 15 heteroatoms. The van der Waals surface area contributed by atoms with E-state index in [1.54, 1.807) is 0 Å². The van der Waals surface area contributed by atoms with Crippen LogP contribution in [0, 0.1) is 29.6 Å². The summed E-state index contributed by atoms with van der Waals surface area (Å²) >= 11 is 0. The van der Waals surface area contributed by atoms with Crippen LogP contribution in [0.2, 0.25) is 0 Å². The molecular weight excluding hydrogens is 693 g/mol. The molecule has 6 bridgehead atoms. The van der Waals surface area contributed by atoms with Crippen LogP contribution >= 0.6 is 0 Å². The summed E-state index contributed by atoms with van der Waals surface area (Å²) in [5, 5.41) is -0.133. The number of carbonyl (C=O) groups is 2. The molecular formula is C35H62O13S2. The van der Waals surface area contributed by atoms with E-state index < -0.39 is 20.2 Å². The van der Waals surface area contributed by atoms with Gasteiger partial charge in [-0.1, -0.05) is 55.4 Å². The predicted octanol–water partition coefficient (Wildman–Crippen LogP) is 5.49. The zero-order valence-corrected chi connectivity index (χ0v) is 32.9. The van der Waals surface area contributed by atoms with E-state index in [4.69, 9.17) is 27.9 Å². The zero-order valence-electron chi connectivity index (χ0n) is 31.2. The van der Waals surface area contributed by atoms with Crippen molar-refractivity contribution in [3.8, 4) is 0 Å². The highest BCUT2D eigenvalue weighted by atomic mass is 32.2. The largest absolute Gasteiger partial charge is 0.462 e. The van der Waals surface area contributed by atoms with Gasteiger partial charge in [0.15, 0.2) is 25.3 Å². The summed E-state index contributed by atoms with van der Waals surface area (Å²) in [5.41, 5.74) is 0. The van der Waals surface area contributed by atoms with Gasteiger partial charge >= 0.3 is 11.9 Å². The standard InChI is InChI=1S/C10H14O2.C7H8O5.C7H10O3S.C3H6O3S.4C2H6/c11-10-8-2-6-1-7(3-8)5-9(4-6)12-10;8-4-1-3-5(12-4)6-7(11-3)10-2-9-6;8-11(9)7-3-4-1-5(7)6(2-4)10-11;4-7(5)3-1-2-6-7;4*1-2/h6-9H,1-5H2;3,5-7H,1-2H2;4-7H,1-3H2;1-3H2;4*1-2H3. The number of esters is 2. The summed E-state index contributed by atoms with van der Waals surface area (Å²) in [7, 11) is -6.18. The molecule has 292 valence electrons. The fourth-order valence-corrected chi connectivity index (χ4v) is 11.5. The van der Waals surface area contributed by atoms with Crippen molar-refractivity contribution in [3.63, 3.8) is 0 Å². The smallest absolute Gasteiger partial charge is 0.309 e. The van der Waals surface area contributed by atoms with E-state index in [-0.39, 0.29) is 72.5 Å². The lowest BCUT2D eigenvalue weighted by atomic mass is 9.68. The highest BCUT2D eigenvalue weighted by molar-refractivity contribution is 7.87. The second kappa shape index (κ2) is 19.6. The Morgan fingerprint density at radius 2 is 1.30 bits per heavy atom. The molecule has 0 aromatic heterocycles. The van der Waals surface area contributed by atoms with Gasteiger partial charge in [-0.3, -0.25) is 18.0 Å². The normalized spacial score (nSPS) is 41.2. The van der Waals surface area contributed by atoms with Crippen LogP contribution in [0.4, 0.5) is 0 Å². The summed E-state index contributed by atoms with van der Waals surface area (Å²) in [6.45, 7) is 16.6. The molecule has 0 spiro atoms. The van der Waals surface area contributed by atoms with Gasteiger partial charge < -0.3 is 23.7 Å². The Labute approximate surface area is 300 Å². The van der Waals surface area contributed by atoms with E-state index in [2.05, 4.69) is 4.18 Å². The van der Waals surface area contributed by atoms with Crippen molar-refractivity contribution in [2.24, 2.45) is 29.6 Å². The monoisotopic (exact) mass is 754 g/mol. The van der Waals surface area contributed by atoms with Crippen molar-refractivity contribution in [1.29, 1.82) is 0 Å². The van der Waals surface area contributed by atoms with Crippen molar-refractivity contribution < 1.29 is 58.5 Å². The SMILES string of the molecule is CC.CC.CC.CC.O=C1CC2OC3OCOC3C2O1.O=C1OC2CC3CC(C2)CC1C3.O=S1(=O)CCCO1.O=S1(=O)OC2CC3CC2C1C3. The van der Waals surface area contributed by atoms with E-state index in [1.165, 1.54) is 6.42 Å². The van der Waals surface area contributed by atoms with Gasteiger partial charge in [-0.2, -0.15) is 16.8 Å². The van der Waals surface area contributed by atoms with Crippen molar-refractivity contribution in [2.45, 2.75) is 162 Å². The molecule has 7 saturated heterocycles. The first-order chi connectivity index (χ1) is 24.0. The lowest BCUT2D eigenvalue weighted by Crippen LogP contribution is -2.30. The quantitative estimate of drug-likeness (QED) is 0.225. The average molecular weight is 755 g/mol. The Bertz CT molecular complexity index is 1260. The van der Waals surface area contributed by atoms with E-state index in [9.17, 15) is 26.4 Å². The minimum absolute atomic E-state index is 0.0590. The molecule has 0 amide bonds. The topological polar surface area (TPSA) is 167 Å². The van der Waals surface area contributed by atoms with E-state index in [1.807, 2.05) is 55.4 Å². The van der Waals surface area contributed by atoms with Gasteiger partial charge in [0, 0.05) is 5.92 Å². The third kappa shape index (κ3) is 10.4. The van der Waals surface area contributed by atoms with Gasteiger partial charge in [0.1, 0.15) is 12.2 Å². The Hall–Kier alpha value is -1.36. The first kappa shape index (κ1) is 43.0.